The monoisotopic (exact) mass is 267 g/mol. The molecule has 1 aliphatic rings. The Labute approximate surface area is 109 Å². The summed E-state index contributed by atoms with van der Waals surface area (Å²) in [5.74, 6) is 0.568. The molecule has 1 aromatic heterocycles. The Morgan fingerprint density at radius 3 is 3.06 bits per heavy atom. The van der Waals surface area contributed by atoms with Gasteiger partial charge in [0, 0.05) is 24.2 Å². The van der Waals surface area contributed by atoms with Crippen LogP contribution in [0.4, 0.5) is 0 Å². The zero-order chi connectivity index (χ0) is 12.6. The first kappa shape index (κ1) is 12.8. The number of oxime groups is 1. The number of hydrogen-bond acceptors (Lipinski definition) is 6. The second-order valence-electron chi connectivity index (χ2n) is 3.60. The summed E-state index contributed by atoms with van der Waals surface area (Å²) in [7, 11) is 0. The van der Waals surface area contributed by atoms with Crippen molar-refractivity contribution in [3.05, 3.63) is 30.1 Å². The Hall–Kier alpha value is -1.60. The van der Waals surface area contributed by atoms with Gasteiger partial charge in [-0.15, -0.1) is 0 Å². The van der Waals surface area contributed by atoms with Gasteiger partial charge in [-0.1, -0.05) is 16.9 Å². The molecule has 6 nitrogen and oxygen atoms in total. The number of aliphatic imine (C=N–C) groups is 1. The molecule has 0 radical (unpaired) electrons. The molecule has 0 bridgehead atoms. The van der Waals surface area contributed by atoms with Gasteiger partial charge in [0.25, 0.3) is 6.73 Å². The number of nitrogens with zero attached hydrogens (tertiary/aromatic N) is 3. The average Bonchev–Trinajstić information content (AvgIpc) is 2.90. The van der Waals surface area contributed by atoms with E-state index in [0.29, 0.717) is 12.7 Å². The van der Waals surface area contributed by atoms with Crippen molar-refractivity contribution in [2.45, 2.75) is 6.73 Å². The lowest BCUT2D eigenvalue weighted by Crippen LogP contribution is -2.34. The van der Waals surface area contributed by atoms with E-state index in [-0.39, 0.29) is 0 Å². The Balaban J connectivity index is 1.69. The first-order valence-electron chi connectivity index (χ1n) is 5.54. The molecule has 1 aromatic rings. The van der Waals surface area contributed by atoms with E-state index in [2.05, 4.69) is 15.5 Å². The van der Waals surface area contributed by atoms with Crippen molar-refractivity contribution in [2.75, 3.05) is 19.0 Å². The van der Waals surface area contributed by atoms with Crippen LogP contribution in [0.25, 0.3) is 0 Å². The van der Waals surface area contributed by atoms with Crippen LogP contribution in [0.3, 0.4) is 0 Å². The van der Waals surface area contributed by atoms with E-state index < -0.39 is 0 Å². The number of amidine groups is 1. The van der Waals surface area contributed by atoms with E-state index in [9.17, 15) is 0 Å². The van der Waals surface area contributed by atoms with Crippen molar-refractivity contribution in [1.82, 2.24) is 5.32 Å². The number of thioether (sulfide) groups is 1. The number of ether oxygens (including phenoxy) is 1. The third-order valence-electron chi connectivity index (χ3n) is 2.29. The topological polar surface area (TPSA) is 70.1 Å². The van der Waals surface area contributed by atoms with Crippen molar-refractivity contribution in [2.24, 2.45) is 10.1 Å². The maximum Gasteiger partial charge on any atom is 0.253 e. The quantitative estimate of drug-likeness (QED) is 0.202. The van der Waals surface area contributed by atoms with Gasteiger partial charge < -0.3 is 15.3 Å². The molecule has 2 N–H and O–H groups in total. The number of rotatable bonds is 5. The highest BCUT2D eigenvalue weighted by molar-refractivity contribution is 8.13. The van der Waals surface area contributed by atoms with Crippen LogP contribution in [-0.2, 0) is 11.5 Å². The molecule has 0 atom stereocenters. The molecule has 18 heavy (non-hydrogen) atoms. The molecule has 1 aliphatic heterocycles. The lowest BCUT2D eigenvalue weighted by Gasteiger charge is -2.01. The van der Waals surface area contributed by atoms with Gasteiger partial charge in [0.1, 0.15) is 5.94 Å². The molecule has 0 unspecified atom stereocenters. The summed E-state index contributed by atoms with van der Waals surface area (Å²) in [4.78, 5) is 4.26. The van der Waals surface area contributed by atoms with Crippen LogP contribution in [0.5, 0.6) is 0 Å². The fraction of sp³-hybridized carbons (Fsp3) is 0.364. The van der Waals surface area contributed by atoms with Crippen LogP contribution in [0, 0.1) is 0 Å². The Kier molecular flexibility index (Phi) is 4.98. The van der Waals surface area contributed by atoms with Crippen LogP contribution >= 0.6 is 11.8 Å². The summed E-state index contributed by atoms with van der Waals surface area (Å²) >= 11 is 1.56. The van der Waals surface area contributed by atoms with E-state index in [1.54, 1.807) is 11.8 Å². The molecule has 0 aromatic carbocycles. The lowest BCUT2D eigenvalue weighted by molar-refractivity contribution is -0.731. The smallest absolute Gasteiger partial charge is 0.253 e. The molecular weight excluding hydrogens is 252 g/mol. The predicted octanol–water partition coefficient (Wildman–Crippen LogP) is 0.406. The highest BCUT2D eigenvalue weighted by Gasteiger charge is 2.06. The highest BCUT2D eigenvalue weighted by Crippen LogP contribution is 2.05. The second kappa shape index (κ2) is 6.97. The summed E-state index contributed by atoms with van der Waals surface area (Å²) in [5, 5.41) is 15.5. The summed E-state index contributed by atoms with van der Waals surface area (Å²) in [6.45, 7) is 2.26. The minimum absolute atomic E-state index is 0.483. The van der Waals surface area contributed by atoms with E-state index in [4.69, 9.17) is 9.94 Å². The van der Waals surface area contributed by atoms with E-state index in [0.717, 1.165) is 23.8 Å². The van der Waals surface area contributed by atoms with Gasteiger partial charge in [0.15, 0.2) is 17.6 Å². The van der Waals surface area contributed by atoms with Gasteiger partial charge >= 0.3 is 0 Å². The maximum absolute atomic E-state index is 8.38. The van der Waals surface area contributed by atoms with Crippen molar-refractivity contribution in [1.29, 1.82) is 0 Å². The third kappa shape index (κ3) is 4.01. The molecule has 0 aliphatic carbocycles. The lowest BCUT2D eigenvalue weighted by atomic mass is 10.3. The van der Waals surface area contributed by atoms with Crippen LogP contribution in [-0.4, -0.2) is 35.6 Å². The zero-order valence-corrected chi connectivity index (χ0v) is 10.6. The van der Waals surface area contributed by atoms with E-state index in [1.807, 2.05) is 29.1 Å². The molecule has 2 rings (SSSR count). The molecule has 96 valence electrons. The van der Waals surface area contributed by atoms with Gasteiger partial charge in [0.2, 0.25) is 0 Å². The summed E-state index contributed by atoms with van der Waals surface area (Å²) < 4.78 is 7.41. The summed E-state index contributed by atoms with van der Waals surface area (Å²) in [6.07, 6.45) is 5.12. The number of aromatic nitrogens is 1. The molecule has 0 amide bonds. The first-order chi connectivity index (χ1) is 8.88. The van der Waals surface area contributed by atoms with E-state index >= 15 is 0 Å². The Bertz CT molecular complexity index is 433. The number of pyridine rings is 1. The maximum atomic E-state index is 8.38. The van der Waals surface area contributed by atoms with Crippen molar-refractivity contribution in [3.63, 3.8) is 0 Å². The number of nitrogens with one attached hydrogen (secondary N) is 1. The average molecular weight is 267 g/mol. The van der Waals surface area contributed by atoms with Crippen LogP contribution in [0.1, 0.15) is 5.56 Å². The molecule has 2 heterocycles. The van der Waals surface area contributed by atoms with Crippen LogP contribution in [0.2, 0.25) is 0 Å². The fourth-order valence-corrected chi connectivity index (χ4v) is 2.08. The largest absolute Gasteiger partial charge is 0.411 e. The van der Waals surface area contributed by atoms with Crippen LogP contribution < -0.4 is 9.88 Å². The van der Waals surface area contributed by atoms with Gasteiger partial charge in [0.05, 0.1) is 12.8 Å². The second-order valence-corrected chi connectivity index (χ2v) is 4.51. The van der Waals surface area contributed by atoms with E-state index in [1.165, 1.54) is 6.21 Å². The molecule has 0 saturated heterocycles. The molecule has 0 saturated carbocycles. The zero-order valence-electron chi connectivity index (χ0n) is 9.82. The third-order valence-corrected chi connectivity index (χ3v) is 3.12. The summed E-state index contributed by atoms with van der Waals surface area (Å²) in [6, 6.07) is 3.69. The van der Waals surface area contributed by atoms with Gasteiger partial charge in [-0.05, 0) is 0 Å². The van der Waals surface area contributed by atoms with Crippen LogP contribution in [0.15, 0.2) is 34.7 Å². The van der Waals surface area contributed by atoms with Crippen molar-refractivity contribution >= 4 is 23.1 Å². The minimum Gasteiger partial charge on any atom is -0.411 e. The van der Waals surface area contributed by atoms with Gasteiger partial charge in [-0.3, -0.25) is 4.99 Å². The Morgan fingerprint density at radius 1 is 1.56 bits per heavy atom. The summed E-state index contributed by atoms with van der Waals surface area (Å²) in [5.41, 5.74) is 0.840. The predicted molar refractivity (Wildman–Crippen MR) is 69.9 cm³/mol. The first-order valence-corrected chi connectivity index (χ1v) is 6.52. The highest BCUT2D eigenvalue weighted by atomic mass is 32.2. The van der Waals surface area contributed by atoms with Crippen molar-refractivity contribution in [3.8, 4) is 0 Å². The molecule has 0 spiro atoms. The molecule has 0 fully saturated rings. The number of hydrogen-bond donors (Lipinski definition) is 2. The molecular formula is C11H15N4O2S+. The fourth-order valence-electron chi connectivity index (χ4n) is 1.42. The Morgan fingerprint density at radius 2 is 2.39 bits per heavy atom. The van der Waals surface area contributed by atoms with Gasteiger partial charge in [-0.25, -0.2) is 0 Å². The normalized spacial score (nSPS) is 14.8. The van der Waals surface area contributed by atoms with Crippen molar-refractivity contribution < 1.29 is 14.5 Å². The molecule has 7 heteroatoms. The van der Waals surface area contributed by atoms with Gasteiger partial charge in [-0.2, -0.15) is 4.57 Å². The SMILES string of the molecule is O/N=C/c1cc[n+](COCSC2=NCCN2)cc1. The standard InChI is InChI=1S/C11H14N4O2S/c16-14-7-10-1-5-15(6-2-10)8-17-9-18-11-12-3-4-13-11/h1-2,5-7H,3-4,8-9H2,(H,12,13)/p+1. The minimum atomic E-state index is 0.483.